The molecule has 0 spiro atoms. The summed E-state index contributed by atoms with van der Waals surface area (Å²) in [5.74, 6) is -3.10. The van der Waals surface area contributed by atoms with Crippen molar-refractivity contribution in [2.24, 2.45) is 0 Å². The van der Waals surface area contributed by atoms with Crippen molar-refractivity contribution in [3.63, 3.8) is 0 Å². The van der Waals surface area contributed by atoms with Crippen molar-refractivity contribution < 1.29 is 13.2 Å². The van der Waals surface area contributed by atoms with Crippen LogP contribution in [-0.2, 0) is 19.5 Å². The van der Waals surface area contributed by atoms with E-state index in [1.807, 2.05) is 0 Å². The van der Waals surface area contributed by atoms with Crippen molar-refractivity contribution in [3.8, 4) is 0 Å². The van der Waals surface area contributed by atoms with E-state index in [2.05, 4.69) is 9.97 Å². The van der Waals surface area contributed by atoms with Gasteiger partial charge in [0.25, 0.3) is 5.56 Å². The lowest BCUT2D eigenvalue weighted by molar-refractivity contribution is 0.237. The molecule has 2 N–H and O–H groups in total. The van der Waals surface area contributed by atoms with Gasteiger partial charge in [0, 0.05) is 43.4 Å². The monoisotopic (exact) mass is 327 g/mol. The first-order valence-corrected chi connectivity index (χ1v) is 7.05. The number of H-pyrrole nitrogens is 2. The van der Waals surface area contributed by atoms with E-state index in [1.165, 1.54) is 0 Å². The molecule has 0 radical (unpaired) electrons. The Kier molecular flexibility index (Phi) is 3.88. The standard InChI is InChI=1S/C14H12F3N3OS/c15-9-4-11(17)10(16)3-7(9)5-20-2-1-12-8(6-20)13(21)19-14(22)18-12/h3-4H,1-2,5-6H2,(H2,18,19,21,22). The zero-order valence-electron chi connectivity index (χ0n) is 11.4. The van der Waals surface area contributed by atoms with Crippen molar-refractivity contribution in [3.05, 3.63) is 61.5 Å². The van der Waals surface area contributed by atoms with Crippen LogP contribution >= 0.6 is 12.2 Å². The number of hydrogen-bond acceptors (Lipinski definition) is 3. The predicted molar refractivity (Wildman–Crippen MR) is 76.4 cm³/mol. The first-order chi connectivity index (χ1) is 10.4. The van der Waals surface area contributed by atoms with Gasteiger partial charge in [0.05, 0.1) is 5.56 Å². The normalized spacial score (nSPS) is 14.9. The van der Waals surface area contributed by atoms with Crippen LogP contribution in [0.25, 0.3) is 0 Å². The topological polar surface area (TPSA) is 51.9 Å². The Bertz CT molecular complexity index is 846. The molecule has 1 aliphatic rings. The summed E-state index contributed by atoms with van der Waals surface area (Å²) in [5, 5.41) is 0. The predicted octanol–water partition coefficient (Wildman–Crippen LogP) is 2.41. The maximum absolute atomic E-state index is 13.7. The van der Waals surface area contributed by atoms with Gasteiger partial charge in [0.1, 0.15) is 5.82 Å². The summed E-state index contributed by atoms with van der Waals surface area (Å²) in [4.78, 5) is 19.1. The molecule has 116 valence electrons. The quantitative estimate of drug-likeness (QED) is 0.658. The van der Waals surface area contributed by atoms with Gasteiger partial charge in [-0.2, -0.15) is 0 Å². The van der Waals surface area contributed by atoms with Crippen LogP contribution in [0.1, 0.15) is 16.8 Å². The molecule has 1 aromatic heterocycles. The number of halogens is 3. The van der Waals surface area contributed by atoms with E-state index in [0.29, 0.717) is 24.6 Å². The fourth-order valence-corrected chi connectivity index (χ4v) is 2.79. The number of hydrogen-bond donors (Lipinski definition) is 2. The second kappa shape index (κ2) is 5.69. The lowest BCUT2D eigenvalue weighted by Crippen LogP contribution is -2.35. The average Bonchev–Trinajstić information content (AvgIpc) is 2.45. The molecule has 2 aromatic rings. The van der Waals surface area contributed by atoms with Gasteiger partial charge in [0.2, 0.25) is 0 Å². The first kappa shape index (κ1) is 15.0. The molecule has 22 heavy (non-hydrogen) atoms. The molecule has 3 rings (SSSR count). The van der Waals surface area contributed by atoms with E-state index in [0.717, 1.165) is 11.8 Å². The number of rotatable bonds is 2. The van der Waals surface area contributed by atoms with Crippen molar-refractivity contribution in [1.82, 2.24) is 14.9 Å². The lowest BCUT2D eigenvalue weighted by Gasteiger charge is -2.27. The number of aromatic amines is 2. The Balaban J connectivity index is 1.86. The summed E-state index contributed by atoms with van der Waals surface area (Å²) in [6, 6.07) is 1.38. The molecular weight excluding hydrogens is 315 g/mol. The number of benzene rings is 1. The van der Waals surface area contributed by atoms with Crippen molar-refractivity contribution in [2.45, 2.75) is 19.5 Å². The molecule has 0 unspecified atom stereocenters. The third-order valence-corrected chi connectivity index (χ3v) is 3.88. The minimum absolute atomic E-state index is 0.0580. The smallest absolute Gasteiger partial charge is 0.256 e. The summed E-state index contributed by atoms with van der Waals surface area (Å²) in [6.45, 7) is 0.937. The van der Waals surface area contributed by atoms with Crippen molar-refractivity contribution in [1.29, 1.82) is 0 Å². The SMILES string of the molecule is O=c1[nH]c(=S)[nH]c2c1CN(Cc1cc(F)c(F)cc1F)CC2. The van der Waals surface area contributed by atoms with Gasteiger partial charge >= 0.3 is 0 Å². The Hall–Kier alpha value is -1.93. The highest BCUT2D eigenvalue weighted by atomic mass is 32.1. The lowest BCUT2D eigenvalue weighted by atomic mass is 10.1. The molecular formula is C14H12F3N3OS. The van der Waals surface area contributed by atoms with Crippen LogP contribution < -0.4 is 5.56 Å². The molecule has 1 aromatic carbocycles. The molecule has 8 heteroatoms. The highest BCUT2D eigenvalue weighted by Gasteiger charge is 2.21. The zero-order valence-corrected chi connectivity index (χ0v) is 12.2. The van der Waals surface area contributed by atoms with Crippen LogP contribution in [0.2, 0.25) is 0 Å². The van der Waals surface area contributed by atoms with Gasteiger partial charge in [-0.05, 0) is 18.3 Å². The molecule has 0 saturated carbocycles. The van der Waals surface area contributed by atoms with Crippen LogP contribution in [0.5, 0.6) is 0 Å². The van der Waals surface area contributed by atoms with Gasteiger partial charge in [-0.1, -0.05) is 0 Å². The second-order valence-corrected chi connectivity index (χ2v) is 5.59. The highest BCUT2D eigenvalue weighted by molar-refractivity contribution is 7.71. The molecule has 0 bridgehead atoms. The Morgan fingerprint density at radius 1 is 1.14 bits per heavy atom. The van der Waals surface area contributed by atoms with Gasteiger partial charge in [0.15, 0.2) is 16.4 Å². The maximum Gasteiger partial charge on any atom is 0.256 e. The van der Waals surface area contributed by atoms with E-state index < -0.39 is 17.5 Å². The second-order valence-electron chi connectivity index (χ2n) is 5.18. The zero-order chi connectivity index (χ0) is 15.9. The van der Waals surface area contributed by atoms with Gasteiger partial charge in [-0.25, -0.2) is 13.2 Å². The van der Waals surface area contributed by atoms with Crippen molar-refractivity contribution >= 4 is 12.2 Å². The fraction of sp³-hybridized carbons (Fsp3) is 0.286. The number of fused-ring (bicyclic) bond motifs is 1. The Morgan fingerprint density at radius 3 is 2.64 bits per heavy atom. The van der Waals surface area contributed by atoms with E-state index in [9.17, 15) is 18.0 Å². The number of aromatic nitrogens is 2. The average molecular weight is 327 g/mol. The summed E-state index contributed by atoms with van der Waals surface area (Å²) in [5.41, 5.74) is 1.07. The largest absolute Gasteiger partial charge is 0.335 e. The fourth-order valence-electron chi connectivity index (χ4n) is 2.57. The molecule has 1 aliphatic heterocycles. The van der Waals surface area contributed by atoms with Crippen LogP contribution in [0.3, 0.4) is 0 Å². The molecule has 0 amide bonds. The summed E-state index contributed by atoms with van der Waals surface area (Å²) >= 11 is 4.91. The molecule has 0 saturated heterocycles. The third kappa shape index (κ3) is 2.84. The minimum Gasteiger partial charge on any atom is -0.335 e. The van der Waals surface area contributed by atoms with Crippen LogP contribution in [0.4, 0.5) is 13.2 Å². The molecule has 2 heterocycles. The highest BCUT2D eigenvalue weighted by Crippen LogP contribution is 2.19. The first-order valence-electron chi connectivity index (χ1n) is 6.64. The van der Waals surface area contributed by atoms with Crippen LogP contribution in [0.15, 0.2) is 16.9 Å². The van der Waals surface area contributed by atoms with Crippen molar-refractivity contribution in [2.75, 3.05) is 6.54 Å². The molecule has 4 nitrogen and oxygen atoms in total. The van der Waals surface area contributed by atoms with Gasteiger partial charge in [-0.15, -0.1) is 0 Å². The van der Waals surface area contributed by atoms with E-state index in [4.69, 9.17) is 12.2 Å². The Morgan fingerprint density at radius 2 is 1.86 bits per heavy atom. The van der Waals surface area contributed by atoms with Crippen LogP contribution in [-0.4, -0.2) is 21.4 Å². The van der Waals surface area contributed by atoms with E-state index >= 15 is 0 Å². The summed E-state index contributed by atoms with van der Waals surface area (Å²) in [7, 11) is 0. The summed E-state index contributed by atoms with van der Waals surface area (Å²) in [6.07, 6.45) is 0.550. The molecule has 0 atom stereocenters. The van der Waals surface area contributed by atoms with E-state index in [-0.39, 0.29) is 29.0 Å². The summed E-state index contributed by atoms with van der Waals surface area (Å²) < 4.78 is 40.1. The number of nitrogens with one attached hydrogen (secondary N) is 2. The maximum atomic E-state index is 13.7. The molecule has 0 aliphatic carbocycles. The Labute approximate surface area is 128 Å². The third-order valence-electron chi connectivity index (χ3n) is 3.67. The van der Waals surface area contributed by atoms with Crippen LogP contribution in [0, 0.1) is 22.2 Å². The minimum atomic E-state index is -1.21. The van der Waals surface area contributed by atoms with Gasteiger partial charge < -0.3 is 4.98 Å². The van der Waals surface area contributed by atoms with E-state index in [1.54, 1.807) is 4.90 Å². The van der Waals surface area contributed by atoms with Gasteiger partial charge in [-0.3, -0.25) is 14.7 Å². The molecule has 0 fully saturated rings. The number of nitrogens with zero attached hydrogens (tertiary/aromatic N) is 1.